The molecule has 0 atom stereocenters. The summed E-state index contributed by atoms with van der Waals surface area (Å²) in [5.74, 6) is 1.09. The Labute approximate surface area is 119 Å². The molecule has 0 unspecified atom stereocenters. The number of piperidine rings is 1. The molecular formula is C15H21N5. The highest BCUT2D eigenvalue weighted by atomic mass is 15.2. The van der Waals surface area contributed by atoms with Gasteiger partial charge in [0.1, 0.15) is 5.82 Å². The molecule has 0 aromatic carbocycles. The third kappa shape index (κ3) is 2.99. The van der Waals surface area contributed by atoms with Crippen LogP contribution in [0.25, 0.3) is 0 Å². The maximum Gasteiger partial charge on any atom is 0.128 e. The second kappa shape index (κ2) is 6.05. The van der Waals surface area contributed by atoms with Crippen molar-refractivity contribution in [2.75, 3.05) is 18.0 Å². The van der Waals surface area contributed by atoms with Crippen molar-refractivity contribution in [3.63, 3.8) is 0 Å². The highest BCUT2D eigenvalue weighted by Gasteiger charge is 2.19. The van der Waals surface area contributed by atoms with Gasteiger partial charge in [0, 0.05) is 43.1 Å². The lowest BCUT2D eigenvalue weighted by Gasteiger charge is -2.33. The van der Waals surface area contributed by atoms with Gasteiger partial charge in [-0.05, 0) is 31.9 Å². The zero-order valence-electron chi connectivity index (χ0n) is 11.8. The van der Waals surface area contributed by atoms with E-state index < -0.39 is 0 Å². The van der Waals surface area contributed by atoms with Gasteiger partial charge in [0.15, 0.2) is 0 Å². The Morgan fingerprint density at radius 2 is 2.20 bits per heavy atom. The molecule has 0 radical (unpaired) electrons. The van der Waals surface area contributed by atoms with Crippen molar-refractivity contribution in [1.82, 2.24) is 20.5 Å². The van der Waals surface area contributed by atoms with E-state index in [1.165, 1.54) is 5.56 Å². The number of pyridine rings is 1. The third-order valence-corrected chi connectivity index (χ3v) is 3.98. The van der Waals surface area contributed by atoms with Crippen LogP contribution in [0.1, 0.15) is 24.1 Å². The van der Waals surface area contributed by atoms with E-state index in [0.717, 1.165) is 44.0 Å². The molecule has 3 rings (SSSR count). The molecule has 0 spiro atoms. The Kier molecular flexibility index (Phi) is 3.97. The monoisotopic (exact) mass is 271 g/mol. The van der Waals surface area contributed by atoms with Gasteiger partial charge in [-0.3, -0.25) is 5.10 Å². The van der Waals surface area contributed by atoms with Crippen molar-refractivity contribution in [1.29, 1.82) is 0 Å². The molecule has 0 aliphatic carbocycles. The van der Waals surface area contributed by atoms with E-state index in [1.54, 1.807) is 0 Å². The summed E-state index contributed by atoms with van der Waals surface area (Å²) in [4.78, 5) is 6.78. The Morgan fingerprint density at radius 3 is 2.85 bits per heavy atom. The molecule has 5 heteroatoms. The normalized spacial score (nSPS) is 16.6. The predicted octanol–water partition coefficient (Wildman–Crippen LogP) is 1.87. The van der Waals surface area contributed by atoms with Crippen LogP contribution < -0.4 is 10.2 Å². The Morgan fingerprint density at radius 1 is 1.35 bits per heavy atom. The molecule has 2 N–H and O–H groups in total. The molecule has 0 saturated carbocycles. The molecule has 0 bridgehead atoms. The van der Waals surface area contributed by atoms with Gasteiger partial charge < -0.3 is 10.2 Å². The molecule has 1 aliphatic rings. The summed E-state index contributed by atoms with van der Waals surface area (Å²) in [6.07, 6.45) is 6.09. The van der Waals surface area contributed by atoms with Crippen LogP contribution in [0.2, 0.25) is 0 Å². The summed E-state index contributed by atoms with van der Waals surface area (Å²) in [7, 11) is 0. The SMILES string of the molecule is Cc1[nH]ncc1CNC1CCN(c2ccccn2)CC1. The van der Waals surface area contributed by atoms with Gasteiger partial charge in [0.25, 0.3) is 0 Å². The molecular weight excluding hydrogens is 250 g/mol. The maximum absolute atomic E-state index is 4.42. The van der Waals surface area contributed by atoms with Crippen LogP contribution in [0, 0.1) is 6.92 Å². The molecule has 0 amide bonds. The average molecular weight is 271 g/mol. The van der Waals surface area contributed by atoms with Crippen molar-refractivity contribution >= 4 is 5.82 Å². The van der Waals surface area contributed by atoms with Gasteiger partial charge in [-0.1, -0.05) is 6.07 Å². The molecule has 1 saturated heterocycles. The van der Waals surface area contributed by atoms with E-state index in [1.807, 2.05) is 24.5 Å². The number of hydrogen-bond donors (Lipinski definition) is 2. The summed E-state index contributed by atoms with van der Waals surface area (Å²) >= 11 is 0. The maximum atomic E-state index is 4.42. The van der Waals surface area contributed by atoms with Gasteiger partial charge in [-0.25, -0.2) is 4.98 Å². The van der Waals surface area contributed by atoms with E-state index in [4.69, 9.17) is 0 Å². The largest absolute Gasteiger partial charge is 0.357 e. The molecule has 3 heterocycles. The minimum Gasteiger partial charge on any atom is -0.357 e. The number of anilines is 1. The van der Waals surface area contributed by atoms with E-state index in [-0.39, 0.29) is 0 Å². The summed E-state index contributed by atoms with van der Waals surface area (Å²) in [6.45, 7) is 5.10. The number of nitrogens with one attached hydrogen (secondary N) is 2. The number of aromatic amines is 1. The summed E-state index contributed by atoms with van der Waals surface area (Å²) in [6, 6.07) is 6.69. The summed E-state index contributed by atoms with van der Waals surface area (Å²) < 4.78 is 0. The van der Waals surface area contributed by atoms with Crippen molar-refractivity contribution in [3.8, 4) is 0 Å². The molecule has 106 valence electrons. The van der Waals surface area contributed by atoms with Crippen LogP contribution in [0.4, 0.5) is 5.82 Å². The number of rotatable bonds is 4. The predicted molar refractivity (Wildman–Crippen MR) is 79.6 cm³/mol. The molecule has 2 aromatic rings. The van der Waals surface area contributed by atoms with Crippen molar-refractivity contribution in [2.24, 2.45) is 0 Å². The lowest BCUT2D eigenvalue weighted by Crippen LogP contribution is -2.42. The standard InChI is InChI=1S/C15H21N5/c1-12-13(11-18-19-12)10-17-14-5-8-20(9-6-14)15-4-2-3-7-16-15/h2-4,7,11,14,17H,5-6,8-10H2,1H3,(H,18,19). The van der Waals surface area contributed by atoms with E-state index in [9.17, 15) is 0 Å². The minimum atomic E-state index is 0.587. The van der Waals surface area contributed by atoms with Crippen LogP contribution in [0.3, 0.4) is 0 Å². The van der Waals surface area contributed by atoms with Crippen molar-refractivity contribution in [2.45, 2.75) is 32.4 Å². The van der Waals surface area contributed by atoms with Crippen LogP contribution in [-0.4, -0.2) is 34.3 Å². The van der Waals surface area contributed by atoms with Gasteiger partial charge in [-0.2, -0.15) is 5.10 Å². The first kappa shape index (κ1) is 13.1. The number of aryl methyl sites for hydroxylation is 1. The van der Waals surface area contributed by atoms with Gasteiger partial charge >= 0.3 is 0 Å². The second-order valence-corrected chi connectivity index (χ2v) is 5.35. The lowest BCUT2D eigenvalue weighted by atomic mass is 10.0. The van der Waals surface area contributed by atoms with Crippen molar-refractivity contribution < 1.29 is 0 Å². The van der Waals surface area contributed by atoms with Gasteiger partial charge in [-0.15, -0.1) is 0 Å². The fourth-order valence-electron chi connectivity index (χ4n) is 2.66. The summed E-state index contributed by atoms with van der Waals surface area (Å²) in [5, 5.41) is 10.7. The lowest BCUT2D eigenvalue weighted by molar-refractivity contribution is 0.412. The zero-order valence-corrected chi connectivity index (χ0v) is 11.8. The minimum absolute atomic E-state index is 0.587. The highest BCUT2D eigenvalue weighted by molar-refractivity contribution is 5.38. The number of H-pyrrole nitrogens is 1. The smallest absolute Gasteiger partial charge is 0.128 e. The van der Waals surface area contributed by atoms with Gasteiger partial charge in [0.05, 0.1) is 6.20 Å². The Balaban J connectivity index is 1.48. The number of hydrogen-bond acceptors (Lipinski definition) is 4. The average Bonchev–Trinajstić information content (AvgIpc) is 2.92. The highest BCUT2D eigenvalue weighted by Crippen LogP contribution is 2.17. The first-order chi connectivity index (χ1) is 9.83. The van der Waals surface area contributed by atoms with Crippen LogP contribution in [-0.2, 0) is 6.54 Å². The Bertz CT molecular complexity index is 528. The first-order valence-corrected chi connectivity index (χ1v) is 7.21. The van der Waals surface area contributed by atoms with E-state index in [2.05, 4.69) is 38.4 Å². The van der Waals surface area contributed by atoms with Crippen LogP contribution >= 0.6 is 0 Å². The third-order valence-electron chi connectivity index (χ3n) is 3.98. The first-order valence-electron chi connectivity index (χ1n) is 7.21. The molecule has 5 nitrogen and oxygen atoms in total. The van der Waals surface area contributed by atoms with Crippen LogP contribution in [0.5, 0.6) is 0 Å². The molecule has 20 heavy (non-hydrogen) atoms. The quantitative estimate of drug-likeness (QED) is 0.891. The zero-order chi connectivity index (χ0) is 13.8. The fraction of sp³-hybridized carbons (Fsp3) is 0.467. The molecule has 1 fully saturated rings. The number of aromatic nitrogens is 3. The van der Waals surface area contributed by atoms with Crippen molar-refractivity contribution in [3.05, 3.63) is 41.9 Å². The molecule has 2 aromatic heterocycles. The Hall–Kier alpha value is -1.88. The number of nitrogens with zero attached hydrogens (tertiary/aromatic N) is 3. The topological polar surface area (TPSA) is 56.8 Å². The molecule has 1 aliphatic heterocycles. The van der Waals surface area contributed by atoms with Crippen LogP contribution in [0.15, 0.2) is 30.6 Å². The van der Waals surface area contributed by atoms with E-state index in [0.29, 0.717) is 6.04 Å². The van der Waals surface area contributed by atoms with E-state index >= 15 is 0 Å². The summed E-state index contributed by atoms with van der Waals surface area (Å²) in [5.41, 5.74) is 2.42. The fourth-order valence-corrected chi connectivity index (χ4v) is 2.66. The second-order valence-electron chi connectivity index (χ2n) is 5.35. The van der Waals surface area contributed by atoms with Gasteiger partial charge in [0.2, 0.25) is 0 Å².